The van der Waals surface area contributed by atoms with Crippen molar-refractivity contribution in [3.63, 3.8) is 0 Å². The van der Waals surface area contributed by atoms with E-state index in [1.165, 1.54) is 5.69 Å². The lowest BCUT2D eigenvalue weighted by molar-refractivity contribution is -0.130. The number of hydrogen-bond acceptors (Lipinski definition) is 5. The van der Waals surface area contributed by atoms with E-state index in [1.807, 2.05) is 24.3 Å². The summed E-state index contributed by atoms with van der Waals surface area (Å²) in [7, 11) is 1.65. The maximum absolute atomic E-state index is 12.2. The second-order valence-corrected chi connectivity index (χ2v) is 7.02. The van der Waals surface area contributed by atoms with Gasteiger partial charge >= 0.3 is 0 Å². The van der Waals surface area contributed by atoms with Gasteiger partial charge in [-0.25, -0.2) is 5.01 Å². The van der Waals surface area contributed by atoms with Gasteiger partial charge in [-0.2, -0.15) is 5.10 Å². The number of methoxy groups -OCH3 is 1. The summed E-state index contributed by atoms with van der Waals surface area (Å²) in [6.45, 7) is 4.91. The maximum atomic E-state index is 12.2. The first-order chi connectivity index (χ1) is 13.7. The van der Waals surface area contributed by atoms with E-state index in [2.05, 4.69) is 34.3 Å². The van der Waals surface area contributed by atoms with Gasteiger partial charge in [0.15, 0.2) is 0 Å². The molecule has 0 N–H and O–H groups in total. The lowest BCUT2D eigenvalue weighted by atomic mass is 9.97. The third-order valence-electron chi connectivity index (χ3n) is 5.31. The monoisotopic (exact) mass is 379 g/mol. The topological polar surface area (TPSA) is 54.4 Å². The number of carbonyl (C=O) groups is 1. The van der Waals surface area contributed by atoms with Gasteiger partial charge in [0.2, 0.25) is 5.91 Å². The minimum absolute atomic E-state index is 0.0733. The standard InChI is InChI=1S/C22H25N3O3/c1-16(26)25-21(19-5-3-4-6-22(19)27-2)15-20(23-25)17-7-9-18(10-8-17)24-11-13-28-14-12-24/h3-10,21H,11-15H2,1-2H3. The van der Waals surface area contributed by atoms with Crippen molar-refractivity contribution >= 4 is 17.3 Å². The summed E-state index contributed by atoms with van der Waals surface area (Å²) in [6, 6.07) is 16.1. The van der Waals surface area contributed by atoms with Crippen molar-refractivity contribution in [2.75, 3.05) is 38.3 Å². The molecule has 2 aromatic carbocycles. The van der Waals surface area contributed by atoms with Crippen molar-refractivity contribution in [2.24, 2.45) is 5.10 Å². The fourth-order valence-corrected chi connectivity index (χ4v) is 3.85. The van der Waals surface area contributed by atoms with Crippen LogP contribution in [0.25, 0.3) is 0 Å². The number of morpholine rings is 1. The van der Waals surface area contributed by atoms with E-state index >= 15 is 0 Å². The van der Waals surface area contributed by atoms with Gasteiger partial charge in [-0.3, -0.25) is 4.79 Å². The largest absolute Gasteiger partial charge is 0.496 e. The zero-order valence-electron chi connectivity index (χ0n) is 16.3. The van der Waals surface area contributed by atoms with E-state index in [9.17, 15) is 4.79 Å². The summed E-state index contributed by atoms with van der Waals surface area (Å²) < 4.78 is 10.9. The minimum atomic E-state index is -0.150. The SMILES string of the molecule is COc1ccccc1C1CC(c2ccc(N3CCOCC3)cc2)=NN1C(C)=O. The lowest BCUT2D eigenvalue weighted by Gasteiger charge is -2.28. The van der Waals surface area contributed by atoms with Crippen LogP contribution in [0.15, 0.2) is 53.6 Å². The van der Waals surface area contributed by atoms with Crippen LogP contribution in [0.1, 0.15) is 30.5 Å². The number of carbonyl (C=O) groups excluding carboxylic acids is 1. The predicted octanol–water partition coefficient (Wildman–Crippen LogP) is 3.23. The van der Waals surface area contributed by atoms with Crippen molar-refractivity contribution in [2.45, 2.75) is 19.4 Å². The molecule has 0 aliphatic carbocycles. The average molecular weight is 379 g/mol. The molecule has 2 aliphatic rings. The van der Waals surface area contributed by atoms with Crippen molar-refractivity contribution in [1.29, 1.82) is 0 Å². The Morgan fingerprint density at radius 3 is 2.50 bits per heavy atom. The number of benzene rings is 2. The van der Waals surface area contributed by atoms with E-state index in [4.69, 9.17) is 9.47 Å². The van der Waals surface area contributed by atoms with E-state index in [0.717, 1.165) is 48.9 Å². The number of ether oxygens (including phenoxy) is 2. The molecule has 2 aliphatic heterocycles. The molecule has 0 saturated carbocycles. The van der Waals surface area contributed by atoms with Gasteiger partial charge in [-0.15, -0.1) is 0 Å². The second-order valence-electron chi connectivity index (χ2n) is 7.02. The predicted molar refractivity (Wildman–Crippen MR) is 109 cm³/mol. The number of amides is 1. The van der Waals surface area contributed by atoms with Crippen LogP contribution in [0.5, 0.6) is 5.75 Å². The molecule has 0 radical (unpaired) electrons. The highest BCUT2D eigenvalue weighted by molar-refractivity contribution is 6.03. The van der Waals surface area contributed by atoms with Crippen LogP contribution in [0, 0.1) is 0 Å². The molecule has 1 amide bonds. The second kappa shape index (κ2) is 8.02. The molecule has 146 valence electrons. The van der Waals surface area contributed by atoms with E-state index in [1.54, 1.807) is 19.0 Å². The molecule has 0 aromatic heterocycles. The number of hydrogen-bond donors (Lipinski definition) is 0. The normalized spacial score (nSPS) is 19.5. The van der Waals surface area contributed by atoms with E-state index in [-0.39, 0.29) is 11.9 Å². The quantitative estimate of drug-likeness (QED) is 0.818. The Balaban J connectivity index is 1.58. The highest BCUT2D eigenvalue weighted by Gasteiger charge is 2.33. The maximum Gasteiger partial charge on any atom is 0.240 e. The van der Waals surface area contributed by atoms with Gasteiger partial charge in [0, 0.05) is 37.7 Å². The van der Waals surface area contributed by atoms with Crippen LogP contribution in [-0.2, 0) is 9.53 Å². The van der Waals surface area contributed by atoms with Gasteiger partial charge < -0.3 is 14.4 Å². The van der Waals surface area contributed by atoms with Gasteiger partial charge in [0.25, 0.3) is 0 Å². The van der Waals surface area contributed by atoms with Gasteiger partial charge in [0.1, 0.15) is 5.75 Å². The van der Waals surface area contributed by atoms with Crippen LogP contribution < -0.4 is 9.64 Å². The lowest BCUT2D eigenvalue weighted by Crippen LogP contribution is -2.36. The fourth-order valence-electron chi connectivity index (χ4n) is 3.85. The van der Waals surface area contributed by atoms with Crippen LogP contribution in [-0.4, -0.2) is 50.0 Å². The van der Waals surface area contributed by atoms with Crippen molar-refractivity contribution in [3.05, 3.63) is 59.7 Å². The highest BCUT2D eigenvalue weighted by Crippen LogP contribution is 2.37. The van der Waals surface area contributed by atoms with Crippen molar-refractivity contribution < 1.29 is 14.3 Å². The number of hydrazone groups is 1. The summed E-state index contributed by atoms with van der Waals surface area (Å²) in [5, 5.41) is 6.22. The third kappa shape index (κ3) is 3.60. The van der Waals surface area contributed by atoms with Gasteiger partial charge in [0.05, 0.1) is 32.1 Å². The molecular weight excluding hydrogens is 354 g/mol. The Labute approximate surface area is 165 Å². The number of para-hydroxylation sites is 1. The summed E-state index contributed by atoms with van der Waals surface area (Å²) in [5.74, 6) is 0.703. The number of anilines is 1. The first-order valence-electron chi connectivity index (χ1n) is 9.60. The fraction of sp³-hybridized carbons (Fsp3) is 0.364. The van der Waals surface area contributed by atoms with Crippen LogP contribution in [0.3, 0.4) is 0 Å². The Morgan fingerprint density at radius 2 is 1.82 bits per heavy atom. The molecule has 1 unspecified atom stereocenters. The average Bonchev–Trinajstić information content (AvgIpc) is 3.20. The molecule has 0 bridgehead atoms. The highest BCUT2D eigenvalue weighted by atomic mass is 16.5. The molecule has 1 fully saturated rings. The molecule has 4 rings (SSSR count). The Kier molecular flexibility index (Phi) is 5.30. The van der Waals surface area contributed by atoms with E-state index < -0.39 is 0 Å². The van der Waals surface area contributed by atoms with Crippen molar-refractivity contribution in [1.82, 2.24) is 5.01 Å². The van der Waals surface area contributed by atoms with Crippen LogP contribution in [0.2, 0.25) is 0 Å². The smallest absolute Gasteiger partial charge is 0.240 e. The molecule has 6 heteroatoms. The number of nitrogens with zero attached hydrogens (tertiary/aromatic N) is 3. The summed E-state index contributed by atoms with van der Waals surface area (Å²) in [4.78, 5) is 14.5. The Hall–Kier alpha value is -2.86. The molecule has 0 spiro atoms. The van der Waals surface area contributed by atoms with E-state index in [0.29, 0.717) is 6.42 Å². The zero-order chi connectivity index (χ0) is 19.5. The van der Waals surface area contributed by atoms with Gasteiger partial charge in [-0.05, 0) is 23.8 Å². The third-order valence-corrected chi connectivity index (χ3v) is 5.31. The molecule has 28 heavy (non-hydrogen) atoms. The first kappa shape index (κ1) is 18.5. The summed E-state index contributed by atoms with van der Waals surface area (Å²) in [6.07, 6.45) is 0.664. The molecule has 2 aromatic rings. The molecular formula is C22H25N3O3. The molecule has 1 saturated heterocycles. The van der Waals surface area contributed by atoms with Crippen LogP contribution >= 0.6 is 0 Å². The molecule has 1 atom stereocenters. The first-order valence-corrected chi connectivity index (χ1v) is 9.60. The summed E-state index contributed by atoms with van der Waals surface area (Å²) in [5.41, 5.74) is 4.12. The van der Waals surface area contributed by atoms with Crippen molar-refractivity contribution in [3.8, 4) is 5.75 Å². The zero-order valence-corrected chi connectivity index (χ0v) is 16.3. The Morgan fingerprint density at radius 1 is 1.11 bits per heavy atom. The number of rotatable bonds is 4. The molecule has 2 heterocycles. The summed E-state index contributed by atoms with van der Waals surface area (Å²) >= 11 is 0. The Bertz CT molecular complexity index is 873. The van der Waals surface area contributed by atoms with Gasteiger partial charge in [-0.1, -0.05) is 30.3 Å². The minimum Gasteiger partial charge on any atom is -0.496 e. The van der Waals surface area contributed by atoms with Crippen LogP contribution in [0.4, 0.5) is 5.69 Å². The molecule has 6 nitrogen and oxygen atoms in total.